The van der Waals surface area contributed by atoms with Gasteiger partial charge in [0, 0.05) is 28.9 Å². The minimum Gasteiger partial charge on any atom is -0.496 e. The fourth-order valence-electron chi connectivity index (χ4n) is 2.14. The van der Waals surface area contributed by atoms with Crippen molar-refractivity contribution in [3.63, 3.8) is 0 Å². The van der Waals surface area contributed by atoms with Crippen molar-refractivity contribution in [2.24, 2.45) is 0 Å². The summed E-state index contributed by atoms with van der Waals surface area (Å²) in [6, 6.07) is 7.48. The third kappa shape index (κ3) is 2.62. The van der Waals surface area contributed by atoms with Crippen molar-refractivity contribution in [1.29, 1.82) is 0 Å². The molecule has 0 saturated carbocycles. The molecule has 7 heteroatoms. The van der Waals surface area contributed by atoms with E-state index in [0.29, 0.717) is 17.3 Å². The second-order valence-corrected chi connectivity index (χ2v) is 4.94. The van der Waals surface area contributed by atoms with Crippen LogP contribution in [0.4, 0.5) is 5.82 Å². The van der Waals surface area contributed by atoms with Gasteiger partial charge in [-0.15, -0.1) is 0 Å². The molecule has 2 aromatic heterocycles. The van der Waals surface area contributed by atoms with Gasteiger partial charge in [-0.2, -0.15) is 14.6 Å². The highest BCUT2D eigenvalue weighted by Gasteiger charge is 2.10. The molecule has 6 nitrogen and oxygen atoms in total. The average molecular weight is 304 g/mol. The maximum absolute atomic E-state index is 6.24. The minimum absolute atomic E-state index is 0.515. The summed E-state index contributed by atoms with van der Waals surface area (Å²) in [4.78, 5) is 8.40. The van der Waals surface area contributed by atoms with Crippen molar-refractivity contribution in [2.75, 3.05) is 12.4 Å². The predicted octanol–water partition coefficient (Wildman–Crippen LogP) is 2.71. The molecule has 0 amide bonds. The summed E-state index contributed by atoms with van der Waals surface area (Å²) in [5.41, 5.74) is 1.76. The van der Waals surface area contributed by atoms with E-state index in [1.165, 1.54) is 6.33 Å². The number of aromatic nitrogens is 4. The lowest BCUT2D eigenvalue weighted by atomic mass is 10.2. The summed E-state index contributed by atoms with van der Waals surface area (Å²) >= 11 is 6.24. The molecule has 0 bridgehead atoms. The normalized spacial score (nSPS) is 10.8. The first kappa shape index (κ1) is 13.6. The molecule has 0 unspecified atom stereocenters. The third-order valence-corrected chi connectivity index (χ3v) is 3.48. The fraction of sp³-hybridized carbons (Fsp3) is 0.214. The maximum Gasteiger partial charge on any atom is 0.254 e. The van der Waals surface area contributed by atoms with E-state index in [2.05, 4.69) is 20.4 Å². The number of hydrogen-bond donors (Lipinski definition) is 1. The number of halogens is 1. The monoisotopic (exact) mass is 303 g/mol. The number of anilines is 1. The first-order valence-corrected chi connectivity index (χ1v) is 6.79. The standard InChI is InChI=1S/C14H14ClN5O/c1-9-6-13(20-14(19-9)17-8-18-20)16-7-10-11(15)4-3-5-12(10)21-2/h3-6,8,16H,7H2,1-2H3. The van der Waals surface area contributed by atoms with Crippen LogP contribution in [-0.2, 0) is 6.54 Å². The van der Waals surface area contributed by atoms with Gasteiger partial charge < -0.3 is 10.1 Å². The first-order valence-electron chi connectivity index (χ1n) is 6.41. The van der Waals surface area contributed by atoms with E-state index in [1.807, 2.05) is 31.2 Å². The first-order chi connectivity index (χ1) is 10.2. The van der Waals surface area contributed by atoms with E-state index in [0.717, 1.165) is 22.8 Å². The van der Waals surface area contributed by atoms with Gasteiger partial charge in [-0.1, -0.05) is 17.7 Å². The van der Waals surface area contributed by atoms with Crippen molar-refractivity contribution in [3.05, 3.63) is 46.9 Å². The number of nitrogens with zero attached hydrogens (tertiary/aromatic N) is 4. The van der Waals surface area contributed by atoms with Crippen LogP contribution in [0, 0.1) is 6.92 Å². The Hall–Kier alpha value is -2.34. The summed E-state index contributed by atoms with van der Waals surface area (Å²) in [6.07, 6.45) is 1.48. The van der Waals surface area contributed by atoms with Gasteiger partial charge in [0.15, 0.2) is 0 Å². The molecule has 0 aliphatic carbocycles. The topological polar surface area (TPSA) is 64.3 Å². The van der Waals surface area contributed by atoms with E-state index in [4.69, 9.17) is 16.3 Å². The molecule has 21 heavy (non-hydrogen) atoms. The quantitative estimate of drug-likeness (QED) is 0.803. The highest BCUT2D eigenvalue weighted by atomic mass is 35.5. The molecule has 0 spiro atoms. The maximum atomic E-state index is 6.24. The van der Waals surface area contributed by atoms with Crippen LogP contribution in [0.25, 0.3) is 5.78 Å². The largest absolute Gasteiger partial charge is 0.496 e. The summed E-state index contributed by atoms with van der Waals surface area (Å²) in [6.45, 7) is 2.43. The second kappa shape index (κ2) is 5.57. The number of aryl methyl sites for hydroxylation is 1. The van der Waals surface area contributed by atoms with E-state index in [1.54, 1.807) is 11.6 Å². The Bertz CT molecular complexity index is 786. The molecule has 0 saturated heterocycles. The zero-order valence-corrected chi connectivity index (χ0v) is 12.4. The number of benzene rings is 1. The SMILES string of the molecule is COc1cccc(Cl)c1CNc1cc(C)nc2ncnn12. The van der Waals surface area contributed by atoms with Crippen LogP contribution >= 0.6 is 11.6 Å². The number of fused-ring (bicyclic) bond motifs is 1. The number of methoxy groups -OCH3 is 1. The molecule has 3 rings (SSSR count). The molecule has 1 N–H and O–H groups in total. The number of nitrogens with one attached hydrogen (secondary N) is 1. The average Bonchev–Trinajstić information content (AvgIpc) is 2.93. The fourth-order valence-corrected chi connectivity index (χ4v) is 2.37. The predicted molar refractivity (Wildman–Crippen MR) is 80.8 cm³/mol. The van der Waals surface area contributed by atoms with Gasteiger partial charge in [-0.05, 0) is 19.1 Å². The van der Waals surface area contributed by atoms with Crippen LogP contribution in [-0.4, -0.2) is 26.7 Å². The van der Waals surface area contributed by atoms with Crippen LogP contribution in [0.15, 0.2) is 30.6 Å². The zero-order chi connectivity index (χ0) is 14.8. The van der Waals surface area contributed by atoms with Crippen LogP contribution in [0.1, 0.15) is 11.3 Å². The molecule has 0 aliphatic rings. The lowest BCUT2D eigenvalue weighted by molar-refractivity contribution is 0.410. The molecule has 2 heterocycles. The van der Waals surface area contributed by atoms with Crippen molar-refractivity contribution < 1.29 is 4.74 Å². The molecule has 3 aromatic rings. The van der Waals surface area contributed by atoms with Gasteiger partial charge in [0.2, 0.25) is 0 Å². The third-order valence-electron chi connectivity index (χ3n) is 3.12. The molecule has 108 valence electrons. The van der Waals surface area contributed by atoms with Gasteiger partial charge in [-0.25, -0.2) is 4.98 Å². The van der Waals surface area contributed by atoms with Gasteiger partial charge in [0.25, 0.3) is 5.78 Å². The number of hydrogen-bond acceptors (Lipinski definition) is 5. The Morgan fingerprint density at radius 3 is 3.05 bits per heavy atom. The summed E-state index contributed by atoms with van der Waals surface area (Å²) in [5, 5.41) is 8.11. The highest BCUT2D eigenvalue weighted by Crippen LogP contribution is 2.27. The minimum atomic E-state index is 0.515. The molecular formula is C14H14ClN5O. The molecule has 0 aliphatic heterocycles. The van der Waals surface area contributed by atoms with Gasteiger partial charge in [0.05, 0.1) is 7.11 Å². The van der Waals surface area contributed by atoms with E-state index in [9.17, 15) is 0 Å². The Morgan fingerprint density at radius 2 is 2.24 bits per heavy atom. The van der Waals surface area contributed by atoms with E-state index >= 15 is 0 Å². The molecule has 0 atom stereocenters. The van der Waals surface area contributed by atoms with Crippen LogP contribution < -0.4 is 10.1 Å². The van der Waals surface area contributed by atoms with Crippen molar-refractivity contribution in [2.45, 2.75) is 13.5 Å². The number of rotatable bonds is 4. The molecular weight excluding hydrogens is 290 g/mol. The Labute approximate surface area is 126 Å². The van der Waals surface area contributed by atoms with Gasteiger partial charge >= 0.3 is 0 Å². The smallest absolute Gasteiger partial charge is 0.254 e. The molecule has 1 aromatic carbocycles. The van der Waals surface area contributed by atoms with Crippen molar-refractivity contribution in [1.82, 2.24) is 19.6 Å². The van der Waals surface area contributed by atoms with Crippen LogP contribution in [0.3, 0.4) is 0 Å². The Kier molecular flexibility index (Phi) is 3.62. The van der Waals surface area contributed by atoms with E-state index < -0.39 is 0 Å². The van der Waals surface area contributed by atoms with Crippen molar-refractivity contribution in [3.8, 4) is 5.75 Å². The molecule has 0 radical (unpaired) electrons. The Morgan fingerprint density at radius 1 is 1.38 bits per heavy atom. The second-order valence-electron chi connectivity index (χ2n) is 4.53. The Balaban J connectivity index is 1.92. The summed E-state index contributed by atoms with van der Waals surface area (Å²) < 4.78 is 6.99. The van der Waals surface area contributed by atoms with Crippen LogP contribution in [0.2, 0.25) is 5.02 Å². The highest BCUT2D eigenvalue weighted by molar-refractivity contribution is 6.31. The summed E-state index contributed by atoms with van der Waals surface area (Å²) in [5.74, 6) is 2.11. The van der Waals surface area contributed by atoms with E-state index in [-0.39, 0.29) is 0 Å². The lowest BCUT2D eigenvalue weighted by Gasteiger charge is -2.13. The van der Waals surface area contributed by atoms with Gasteiger partial charge in [-0.3, -0.25) is 0 Å². The van der Waals surface area contributed by atoms with Gasteiger partial charge in [0.1, 0.15) is 17.9 Å². The van der Waals surface area contributed by atoms with Crippen LogP contribution in [0.5, 0.6) is 5.75 Å². The van der Waals surface area contributed by atoms with Crippen molar-refractivity contribution >= 4 is 23.2 Å². The number of ether oxygens (including phenoxy) is 1. The summed E-state index contributed by atoms with van der Waals surface area (Å²) in [7, 11) is 1.63. The molecule has 0 fully saturated rings. The lowest BCUT2D eigenvalue weighted by Crippen LogP contribution is -2.08. The zero-order valence-electron chi connectivity index (χ0n) is 11.7.